The molecule has 1 heterocycles. The van der Waals surface area contributed by atoms with Crippen molar-refractivity contribution in [3.63, 3.8) is 0 Å². The summed E-state index contributed by atoms with van der Waals surface area (Å²) in [6.07, 6.45) is 5.92. The lowest BCUT2D eigenvalue weighted by atomic mass is 9.76. The van der Waals surface area contributed by atoms with Crippen molar-refractivity contribution in [1.82, 2.24) is 0 Å². The van der Waals surface area contributed by atoms with Crippen molar-refractivity contribution in [2.75, 3.05) is 18.0 Å². The molecule has 1 aliphatic carbocycles. The number of carbonyl (C=O) groups is 1. The number of amides is 1. The molecule has 0 unspecified atom stereocenters. The van der Waals surface area contributed by atoms with E-state index in [0.717, 1.165) is 25.2 Å². The third-order valence-electron chi connectivity index (χ3n) is 4.93. The molecule has 1 fully saturated rings. The SMILES string of the molecule is CC(=O)N1CCc2c1cccc2C1(CN)CCCC1. The van der Waals surface area contributed by atoms with E-state index in [-0.39, 0.29) is 11.3 Å². The van der Waals surface area contributed by atoms with Gasteiger partial charge in [0, 0.05) is 31.1 Å². The molecule has 0 aromatic heterocycles. The van der Waals surface area contributed by atoms with Crippen molar-refractivity contribution in [3.05, 3.63) is 29.3 Å². The molecule has 0 atom stereocenters. The third-order valence-corrected chi connectivity index (χ3v) is 4.93. The second kappa shape index (κ2) is 4.64. The number of benzene rings is 1. The lowest BCUT2D eigenvalue weighted by molar-refractivity contribution is -0.116. The van der Waals surface area contributed by atoms with Gasteiger partial charge in [0.2, 0.25) is 5.91 Å². The number of nitrogens with two attached hydrogens (primary N) is 1. The standard InChI is InChI=1S/C16H22N2O/c1-12(19)18-10-7-13-14(5-4-6-15(13)18)16(11-17)8-2-3-9-16/h4-6H,2-3,7-11,17H2,1H3. The van der Waals surface area contributed by atoms with Gasteiger partial charge in [-0.2, -0.15) is 0 Å². The number of carbonyl (C=O) groups excluding carboxylic acids is 1. The van der Waals surface area contributed by atoms with Gasteiger partial charge < -0.3 is 10.6 Å². The summed E-state index contributed by atoms with van der Waals surface area (Å²) in [6, 6.07) is 6.40. The lowest BCUT2D eigenvalue weighted by Crippen LogP contribution is -2.33. The van der Waals surface area contributed by atoms with E-state index in [1.807, 2.05) is 4.90 Å². The first-order chi connectivity index (χ1) is 9.18. The smallest absolute Gasteiger partial charge is 0.223 e. The second-order valence-corrected chi connectivity index (χ2v) is 5.92. The molecular weight excluding hydrogens is 236 g/mol. The van der Waals surface area contributed by atoms with Gasteiger partial charge in [0.05, 0.1) is 0 Å². The Kier molecular flexibility index (Phi) is 3.09. The minimum Gasteiger partial charge on any atom is -0.330 e. The molecule has 0 radical (unpaired) electrons. The van der Waals surface area contributed by atoms with Gasteiger partial charge in [-0.1, -0.05) is 25.0 Å². The van der Waals surface area contributed by atoms with Crippen LogP contribution < -0.4 is 10.6 Å². The van der Waals surface area contributed by atoms with Crippen LogP contribution in [-0.2, 0) is 16.6 Å². The highest BCUT2D eigenvalue weighted by molar-refractivity contribution is 5.94. The van der Waals surface area contributed by atoms with Gasteiger partial charge in [0.1, 0.15) is 0 Å². The number of hydrogen-bond donors (Lipinski definition) is 1. The van der Waals surface area contributed by atoms with E-state index >= 15 is 0 Å². The summed E-state index contributed by atoms with van der Waals surface area (Å²) < 4.78 is 0. The van der Waals surface area contributed by atoms with Gasteiger partial charge in [-0.25, -0.2) is 0 Å². The van der Waals surface area contributed by atoms with E-state index in [2.05, 4.69) is 18.2 Å². The van der Waals surface area contributed by atoms with Crippen molar-refractivity contribution in [2.45, 2.75) is 44.4 Å². The summed E-state index contributed by atoms with van der Waals surface area (Å²) in [7, 11) is 0. The van der Waals surface area contributed by atoms with Gasteiger partial charge in [-0.3, -0.25) is 4.79 Å². The molecule has 19 heavy (non-hydrogen) atoms. The highest BCUT2D eigenvalue weighted by atomic mass is 16.2. The Morgan fingerprint density at radius 3 is 2.74 bits per heavy atom. The summed E-state index contributed by atoms with van der Waals surface area (Å²) in [6.45, 7) is 3.20. The van der Waals surface area contributed by atoms with Crippen LogP contribution in [0.4, 0.5) is 5.69 Å². The fourth-order valence-electron chi connectivity index (χ4n) is 3.89. The molecule has 1 saturated carbocycles. The second-order valence-electron chi connectivity index (χ2n) is 5.92. The largest absolute Gasteiger partial charge is 0.330 e. The minimum atomic E-state index is 0.143. The molecular formula is C16H22N2O. The van der Waals surface area contributed by atoms with Crippen LogP contribution in [0, 0.1) is 0 Å². The van der Waals surface area contributed by atoms with Crippen LogP contribution in [0.1, 0.15) is 43.7 Å². The highest BCUT2D eigenvalue weighted by Gasteiger charge is 2.38. The van der Waals surface area contributed by atoms with Crippen LogP contribution in [0.5, 0.6) is 0 Å². The Morgan fingerprint density at radius 1 is 1.37 bits per heavy atom. The van der Waals surface area contributed by atoms with Gasteiger partial charge in [-0.05, 0) is 36.5 Å². The first kappa shape index (κ1) is 12.7. The molecule has 3 heteroatoms. The van der Waals surface area contributed by atoms with Crippen LogP contribution in [0.25, 0.3) is 0 Å². The summed E-state index contributed by atoms with van der Waals surface area (Å²) in [4.78, 5) is 13.6. The van der Waals surface area contributed by atoms with E-state index < -0.39 is 0 Å². The summed E-state index contributed by atoms with van der Waals surface area (Å²) in [5.74, 6) is 0.143. The van der Waals surface area contributed by atoms with Gasteiger partial charge in [-0.15, -0.1) is 0 Å². The van der Waals surface area contributed by atoms with Crippen LogP contribution >= 0.6 is 0 Å². The molecule has 0 bridgehead atoms. The van der Waals surface area contributed by atoms with E-state index in [0.29, 0.717) is 0 Å². The normalized spacial score (nSPS) is 20.6. The Hall–Kier alpha value is -1.35. The van der Waals surface area contributed by atoms with Gasteiger partial charge in [0.25, 0.3) is 0 Å². The number of rotatable bonds is 2. The number of hydrogen-bond acceptors (Lipinski definition) is 2. The van der Waals surface area contributed by atoms with Crippen LogP contribution in [0.3, 0.4) is 0 Å². The minimum absolute atomic E-state index is 0.143. The first-order valence-electron chi connectivity index (χ1n) is 7.28. The quantitative estimate of drug-likeness (QED) is 0.885. The maximum Gasteiger partial charge on any atom is 0.223 e. The van der Waals surface area contributed by atoms with E-state index in [4.69, 9.17) is 5.73 Å². The fourth-order valence-corrected chi connectivity index (χ4v) is 3.89. The van der Waals surface area contributed by atoms with Crippen molar-refractivity contribution in [1.29, 1.82) is 0 Å². The maximum absolute atomic E-state index is 11.7. The zero-order valence-electron chi connectivity index (χ0n) is 11.6. The van der Waals surface area contributed by atoms with Crippen LogP contribution in [-0.4, -0.2) is 19.0 Å². The van der Waals surface area contributed by atoms with E-state index in [1.165, 1.54) is 36.8 Å². The predicted molar refractivity (Wildman–Crippen MR) is 77.4 cm³/mol. The summed E-state index contributed by atoms with van der Waals surface area (Å²) >= 11 is 0. The predicted octanol–water partition coefficient (Wildman–Crippen LogP) is 2.37. The molecule has 1 aromatic rings. The summed E-state index contributed by atoms with van der Waals surface area (Å²) in [5, 5.41) is 0. The third kappa shape index (κ3) is 1.88. The number of fused-ring (bicyclic) bond motifs is 1. The monoisotopic (exact) mass is 258 g/mol. The number of nitrogens with zero attached hydrogens (tertiary/aromatic N) is 1. The van der Waals surface area contributed by atoms with Crippen LogP contribution in [0.15, 0.2) is 18.2 Å². The zero-order valence-corrected chi connectivity index (χ0v) is 11.6. The Morgan fingerprint density at radius 2 is 2.11 bits per heavy atom. The first-order valence-corrected chi connectivity index (χ1v) is 7.28. The van der Waals surface area contributed by atoms with Gasteiger partial charge in [0.15, 0.2) is 0 Å². The van der Waals surface area contributed by atoms with Crippen molar-refractivity contribution in [2.24, 2.45) is 5.73 Å². The zero-order chi connectivity index (χ0) is 13.5. The molecule has 0 spiro atoms. The molecule has 2 aliphatic rings. The molecule has 102 valence electrons. The number of anilines is 1. The maximum atomic E-state index is 11.7. The molecule has 3 rings (SSSR count). The molecule has 3 nitrogen and oxygen atoms in total. The molecule has 0 saturated heterocycles. The Balaban J connectivity index is 2.07. The molecule has 2 N–H and O–H groups in total. The fraction of sp³-hybridized carbons (Fsp3) is 0.562. The molecule has 1 amide bonds. The Labute approximate surface area is 114 Å². The van der Waals surface area contributed by atoms with Crippen molar-refractivity contribution < 1.29 is 4.79 Å². The molecule has 1 aliphatic heterocycles. The molecule has 1 aromatic carbocycles. The van der Waals surface area contributed by atoms with Gasteiger partial charge >= 0.3 is 0 Å². The summed E-state index contributed by atoms with van der Waals surface area (Å²) in [5.41, 5.74) is 10.2. The lowest BCUT2D eigenvalue weighted by Gasteiger charge is -2.30. The average molecular weight is 258 g/mol. The van der Waals surface area contributed by atoms with Crippen molar-refractivity contribution >= 4 is 11.6 Å². The average Bonchev–Trinajstić information content (AvgIpc) is 3.05. The van der Waals surface area contributed by atoms with Crippen molar-refractivity contribution in [3.8, 4) is 0 Å². The topological polar surface area (TPSA) is 46.3 Å². The highest BCUT2D eigenvalue weighted by Crippen LogP contribution is 2.45. The van der Waals surface area contributed by atoms with Crippen LogP contribution in [0.2, 0.25) is 0 Å². The van der Waals surface area contributed by atoms with E-state index in [9.17, 15) is 4.79 Å². The Bertz CT molecular complexity index is 503. The van der Waals surface area contributed by atoms with E-state index in [1.54, 1.807) is 6.92 Å².